The normalized spacial score (nSPS) is 34.5. The van der Waals surface area contributed by atoms with Crippen LogP contribution in [0.1, 0.15) is 20.8 Å². The molecular formula is C16H32O10. The minimum absolute atomic E-state index is 0.120. The molecule has 5 unspecified atom stereocenters. The molecule has 0 spiro atoms. The molecule has 7 N–H and O–H groups in total. The van der Waals surface area contributed by atoms with Crippen LogP contribution in [0, 0.1) is 11.8 Å². The molecule has 0 aromatic rings. The molecule has 10 nitrogen and oxygen atoms in total. The zero-order chi connectivity index (χ0) is 20.0. The van der Waals surface area contributed by atoms with Gasteiger partial charge in [0.15, 0.2) is 12.6 Å². The van der Waals surface area contributed by atoms with Gasteiger partial charge >= 0.3 is 0 Å². The highest BCUT2D eigenvalue weighted by Crippen LogP contribution is 2.26. The van der Waals surface area contributed by atoms with Gasteiger partial charge in [-0.1, -0.05) is 20.8 Å². The first kappa shape index (κ1) is 23.6. The summed E-state index contributed by atoms with van der Waals surface area (Å²) < 4.78 is 16.1. The quantitative estimate of drug-likeness (QED) is 0.195. The number of hydrogen-bond acceptors (Lipinski definition) is 10. The van der Waals surface area contributed by atoms with E-state index in [0.29, 0.717) is 0 Å². The first-order valence-electron chi connectivity index (χ1n) is 8.69. The molecule has 0 bridgehead atoms. The maximum absolute atomic E-state index is 10.1. The van der Waals surface area contributed by atoms with Gasteiger partial charge in [-0.3, -0.25) is 0 Å². The zero-order valence-electron chi connectivity index (χ0n) is 15.3. The summed E-state index contributed by atoms with van der Waals surface area (Å²) >= 11 is 0. The Hall–Kier alpha value is -0.400. The Labute approximate surface area is 152 Å². The van der Waals surface area contributed by atoms with Gasteiger partial charge in [-0.15, -0.1) is 0 Å². The molecule has 156 valence electrons. The lowest BCUT2D eigenvalue weighted by molar-refractivity contribution is -0.334. The van der Waals surface area contributed by atoms with E-state index in [0.717, 1.165) is 0 Å². The van der Waals surface area contributed by atoms with Crippen molar-refractivity contribution in [2.75, 3.05) is 19.8 Å². The Bertz CT molecular complexity index is 393. The van der Waals surface area contributed by atoms with Gasteiger partial charge < -0.3 is 50.0 Å². The van der Waals surface area contributed by atoms with Gasteiger partial charge in [-0.25, -0.2) is 0 Å². The van der Waals surface area contributed by atoms with E-state index in [1.807, 2.05) is 20.8 Å². The van der Waals surface area contributed by atoms with E-state index in [9.17, 15) is 35.7 Å². The molecule has 1 heterocycles. The van der Waals surface area contributed by atoms with E-state index in [2.05, 4.69) is 0 Å². The number of ether oxygens (including phenoxy) is 3. The number of hydrogen-bond donors (Lipinski definition) is 7. The van der Waals surface area contributed by atoms with Crippen LogP contribution in [0.2, 0.25) is 0 Å². The molecule has 0 aromatic heterocycles. The van der Waals surface area contributed by atoms with Crippen molar-refractivity contribution in [3.63, 3.8) is 0 Å². The molecule has 9 atom stereocenters. The summed E-state index contributed by atoms with van der Waals surface area (Å²) in [5.41, 5.74) is 0. The van der Waals surface area contributed by atoms with Crippen LogP contribution in [-0.2, 0) is 14.2 Å². The number of aliphatic hydroxyl groups excluding tert-OH is 7. The fraction of sp³-hybridized carbons (Fsp3) is 1.00. The summed E-state index contributed by atoms with van der Waals surface area (Å²) in [6.45, 7) is 3.95. The van der Waals surface area contributed by atoms with Crippen molar-refractivity contribution >= 4 is 0 Å². The monoisotopic (exact) mass is 384 g/mol. The van der Waals surface area contributed by atoms with Crippen LogP contribution in [-0.4, -0.2) is 105 Å². The third-order valence-corrected chi connectivity index (χ3v) is 4.76. The summed E-state index contributed by atoms with van der Waals surface area (Å²) in [4.78, 5) is 0. The van der Waals surface area contributed by atoms with Crippen LogP contribution < -0.4 is 0 Å². The topological polar surface area (TPSA) is 169 Å². The minimum atomic E-state index is -1.71. The Morgan fingerprint density at radius 3 is 2.04 bits per heavy atom. The largest absolute Gasteiger partial charge is 0.394 e. The van der Waals surface area contributed by atoms with Crippen LogP contribution in [0.5, 0.6) is 0 Å². The SMILES string of the molecule is CC(C)[C@@H](C)C(CO)OC(OC1C(O)C(O)[C@H](O)O[C@@H]1CO)[C@@H](O)CO. The average molecular weight is 384 g/mol. The first-order chi connectivity index (χ1) is 12.2. The highest BCUT2D eigenvalue weighted by Gasteiger charge is 2.46. The molecule has 1 aliphatic rings. The summed E-state index contributed by atoms with van der Waals surface area (Å²) in [7, 11) is 0. The van der Waals surface area contributed by atoms with Gasteiger partial charge in [0.05, 0.1) is 25.9 Å². The molecule has 1 rings (SSSR count). The molecule has 0 radical (unpaired) electrons. The Morgan fingerprint density at radius 1 is 0.962 bits per heavy atom. The standard InChI is InChI=1S/C16H32O10/c1-7(2)8(3)10(5-18)25-16(9(20)4-17)26-14-11(6-19)24-15(23)13(22)12(14)21/h7-23H,4-6H2,1-3H3/t8-,9+,10?,11-,12?,13?,14?,15-,16?/m1/s1. The zero-order valence-corrected chi connectivity index (χ0v) is 15.3. The molecule has 0 amide bonds. The third kappa shape index (κ3) is 5.80. The molecule has 0 saturated carbocycles. The molecule has 10 heteroatoms. The molecule has 1 aliphatic heterocycles. The van der Waals surface area contributed by atoms with Crippen molar-refractivity contribution in [3.05, 3.63) is 0 Å². The maximum Gasteiger partial charge on any atom is 0.186 e. The smallest absolute Gasteiger partial charge is 0.186 e. The predicted molar refractivity (Wildman–Crippen MR) is 87.7 cm³/mol. The number of rotatable bonds is 10. The van der Waals surface area contributed by atoms with Gasteiger partial charge in [-0.05, 0) is 11.8 Å². The molecule has 1 saturated heterocycles. The highest BCUT2D eigenvalue weighted by atomic mass is 16.7. The van der Waals surface area contributed by atoms with Crippen LogP contribution in [0.25, 0.3) is 0 Å². The average Bonchev–Trinajstić information content (AvgIpc) is 2.63. The minimum Gasteiger partial charge on any atom is -0.394 e. The van der Waals surface area contributed by atoms with Crippen molar-refractivity contribution in [2.24, 2.45) is 11.8 Å². The second-order valence-electron chi connectivity index (χ2n) is 6.91. The van der Waals surface area contributed by atoms with Crippen molar-refractivity contribution in [1.29, 1.82) is 0 Å². The van der Waals surface area contributed by atoms with E-state index in [1.54, 1.807) is 0 Å². The van der Waals surface area contributed by atoms with Crippen molar-refractivity contribution in [2.45, 2.75) is 70.0 Å². The fourth-order valence-electron chi connectivity index (χ4n) is 2.62. The molecule has 0 aliphatic carbocycles. The lowest BCUT2D eigenvalue weighted by Crippen LogP contribution is -2.61. The fourth-order valence-corrected chi connectivity index (χ4v) is 2.62. The van der Waals surface area contributed by atoms with Crippen LogP contribution in [0.15, 0.2) is 0 Å². The lowest BCUT2D eigenvalue weighted by Gasteiger charge is -2.42. The van der Waals surface area contributed by atoms with Gasteiger partial charge in [0.2, 0.25) is 0 Å². The van der Waals surface area contributed by atoms with Crippen LogP contribution in [0.3, 0.4) is 0 Å². The van der Waals surface area contributed by atoms with Crippen LogP contribution >= 0.6 is 0 Å². The van der Waals surface area contributed by atoms with Gasteiger partial charge in [-0.2, -0.15) is 0 Å². The Kier molecular flexibility index (Phi) is 9.83. The van der Waals surface area contributed by atoms with Crippen molar-refractivity contribution in [3.8, 4) is 0 Å². The molecule has 26 heavy (non-hydrogen) atoms. The van der Waals surface area contributed by atoms with Gasteiger partial charge in [0.1, 0.15) is 30.5 Å². The van der Waals surface area contributed by atoms with Crippen molar-refractivity contribution in [1.82, 2.24) is 0 Å². The summed E-state index contributed by atoms with van der Waals surface area (Å²) in [6, 6.07) is 0. The summed E-state index contributed by atoms with van der Waals surface area (Å²) in [5, 5.41) is 67.6. The maximum atomic E-state index is 10.1. The first-order valence-corrected chi connectivity index (χ1v) is 8.69. The third-order valence-electron chi connectivity index (χ3n) is 4.76. The van der Waals surface area contributed by atoms with E-state index in [1.165, 1.54) is 0 Å². The van der Waals surface area contributed by atoms with Crippen LogP contribution in [0.4, 0.5) is 0 Å². The van der Waals surface area contributed by atoms with E-state index < -0.39 is 62.4 Å². The second kappa shape index (κ2) is 10.8. The van der Waals surface area contributed by atoms with E-state index in [-0.39, 0.29) is 18.4 Å². The summed E-state index contributed by atoms with van der Waals surface area (Å²) in [6.07, 6.45) is -11.3. The number of aliphatic hydroxyl groups is 7. The molecular weight excluding hydrogens is 352 g/mol. The Balaban J connectivity index is 2.94. The van der Waals surface area contributed by atoms with Crippen molar-refractivity contribution < 1.29 is 50.0 Å². The Morgan fingerprint density at radius 2 is 1.58 bits per heavy atom. The van der Waals surface area contributed by atoms with E-state index in [4.69, 9.17) is 14.2 Å². The molecule has 1 fully saturated rings. The predicted octanol–water partition coefficient (Wildman–Crippen LogP) is -2.85. The highest BCUT2D eigenvalue weighted by molar-refractivity contribution is 4.90. The lowest BCUT2D eigenvalue weighted by atomic mass is 9.92. The van der Waals surface area contributed by atoms with Gasteiger partial charge in [0, 0.05) is 0 Å². The van der Waals surface area contributed by atoms with E-state index >= 15 is 0 Å². The van der Waals surface area contributed by atoms with Gasteiger partial charge in [0.25, 0.3) is 0 Å². The second-order valence-corrected chi connectivity index (χ2v) is 6.91. The molecule has 0 aromatic carbocycles. The summed E-state index contributed by atoms with van der Waals surface area (Å²) in [5.74, 6) is 0.0235.